The number of carbonyl (C=O) groups is 1. The average Bonchev–Trinajstić information content (AvgIpc) is 3.06. The molecule has 5 nitrogen and oxygen atoms in total. The molecule has 1 saturated heterocycles. The van der Waals surface area contributed by atoms with Crippen molar-refractivity contribution < 1.29 is 9.90 Å². The second-order valence-electron chi connectivity index (χ2n) is 4.74. The first-order chi connectivity index (χ1) is 10.0. The molecule has 0 amide bonds. The minimum atomic E-state index is -0.824. The van der Waals surface area contributed by atoms with Crippen LogP contribution >= 0.6 is 34.5 Å². The predicted molar refractivity (Wildman–Crippen MR) is 83.4 cm³/mol. The van der Waals surface area contributed by atoms with E-state index in [-0.39, 0.29) is 0 Å². The highest BCUT2D eigenvalue weighted by Gasteiger charge is 2.32. The molecule has 1 fully saturated rings. The molecule has 1 aromatic carbocycles. The Bertz CT molecular complexity index is 672. The maximum absolute atomic E-state index is 11.2. The fourth-order valence-electron chi connectivity index (χ4n) is 2.38. The smallest absolute Gasteiger partial charge is 0.326 e. The van der Waals surface area contributed by atoms with Gasteiger partial charge in [-0.25, -0.2) is 4.79 Å². The molecule has 1 N–H and O–H groups in total. The minimum Gasteiger partial charge on any atom is -0.480 e. The molecule has 0 unspecified atom stereocenters. The van der Waals surface area contributed by atoms with Crippen LogP contribution in [0.3, 0.4) is 0 Å². The lowest BCUT2D eigenvalue weighted by molar-refractivity contribution is -0.138. The number of aliphatic carboxylic acids is 1. The van der Waals surface area contributed by atoms with E-state index >= 15 is 0 Å². The first kappa shape index (κ1) is 14.6. The van der Waals surface area contributed by atoms with Crippen molar-refractivity contribution in [2.24, 2.45) is 0 Å². The number of rotatable bonds is 3. The molecule has 8 heteroatoms. The summed E-state index contributed by atoms with van der Waals surface area (Å²) in [5.74, 6) is -0.824. The number of carboxylic acid groups (broad SMARTS) is 1. The summed E-state index contributed by atoms with van der Waals surface area (Å²) in [6.45, 7) is 0.682. The lowest BCUT2D eigenvalue weighted by Gasteiger charge is -2.19. The van der Waals surface area contributed by atoms with E-state index in [1.165, 1.54) is 11.3 Å². The van der Waals surface area contributed by atoms with Crippen LogP contribution in [0.4, 0.5) is 5.13 Å². The van der Waals surface area contributed by atoms with Gasteiger partial charge in [-0.1, -0.05) is 34.5 Å². The first-order valence-corrected chi connectivity index (χ1v) is 7.91. The van der Waals surface area contributed by atoms with E-state index < -0.39 is 12.0 Å². The lowest BCUT2D eigenvalue weighted by atomic mass is 10.2. The fourth-order valence-corrected chi connectivity index (χ4v) is 3.81. The summed E-state index contributed by atoms with van der Waals surface area (Å²) in [6, 6.07) is 4.65. The number of benzene rings is 1. The SMILES string of the molecule is O=C(O)[C@H]1CCCN1c1nnc(-c2cc(Cl)cc(Cl)c2)s1. The van der Waals surface area contributed by atoms with Gasteiger partial charge in [-0.05, 0) is 31.0 Å². The molecule has 0 saturated carbocycles. The van der Waals surface area contributed by atoms with E-state index in [2.05, 4.69) is 10.2 Å². The van der Waals surface area contributed by atoms with Gasteiger partial charge in [-0.2, -0.15) is 0 Å². The van der Waals surface area contributed by atoms with E-state index in [0.717, 1.165) is 12.0 Å². The molecule has 1 aliphatic heterocycles. The maximum atomic E-state index is 11.2. The molecular weight excluding hydrogens is 333 g/mol. The lowest BCUT2D eigenvalue weighted by Crippen LogP contribution is -2.35. The van der Waals surface area contributed by atoms with Crippen LogP contribution in [0, 0.1) is 0 Å². The van der Waals surface area contributed by atoms with Crippen molar-refractivity contribution >= 4 is 45.6 Å². The summed E-state index contributed by atoms with van der Waals surface area (Å²) in [7, 11) is 0. The number of halogens is 2. The van der Waals surface area contributed by atoms with E-state index in [1.807, 2.05) is 0 Å². The molecule has 1 aromatic heterocycles. The van der Waals surface area contributed by atoms with Gasteiger partial charge < -0.3 is 10.0 Å². The molecule has 1 atom stereocenters. The van der Waals surface area contributed by atoms with Gasteiger partial charge in [-0.15, -0.1) is 10.2 Å². The molecule has 0 aliphatic carbocycles. The van der Waals surface area contributed by atoms with E-state index in [9.17, 15) is 9.90 Å². The Labute approximate surface area is 135 Å². The minimum absolute atomic E-state index is 0.520. The molecule has 1 aliphatic rings. The highest BCUT2D eigenvalue weighted by atomic mass is 35.5. The van der Waals surface area contributed by atoms with E-state index in [0.29, 0.717) is 33.2 Å². The topological polar surface area (TPSA) is 66.3 Å². The molecule has 3 rings (SSSR count). The Morgan fingerprint density at radius 3 is 2.67 bits per heavy atom. The molecule has 21 heavy (non-hydrogen) atoms. The van der Waals surface area contributed by atoms with Gasteiger partial charge in [0.05, 0.1) is 0 Å². The Hall–Kier alpha value is -1.37. The van der Waals surface area contributed by atoms with Crippen molar-refractivity contribution in [2.75, 3.05) is 11.4 Å². The Balaban J connectivity index is 1.91. The number of anilines is 1. The third kappa shape index (κ3) is 2.97. The van der Waals surface area contributed by atoms with Crippen LogP contribution in [0.1, 0.15) is 12.8 Å². The summed E-state index contributed by atoms with van der Waals surface area (Å²) < 4.78 is 0. The van der Waals surface area contributed by atoms with Crippen molar-refractivity contribution in [1.29, 1.82) is 0 Å². The van der Waals surface area contributed by atoms with Gasteiger partial charge in [-0.3, -0.25) is 0 Å². The number of carboxylic acids is 1. The monoisotopic (exact) mass is 343 g/mol. The van der Waals surface area contributed by atoms with Gasteiger partial charge in [0.1, 0.15) is 11.0 Å². The predicted octanol–water partition coefficient (Wildman–Crippen LogP) is 3.57. The largest absolute Gasteiger partial charge is 0.480 e. The zero-order chi connectivity index (χ0) is 15.0. The summed E-state index contributed by atoms with van der Waals surface area (Å²) in [6.07, 6.45) is 1.47. The normalized spacial score (nSPS) is 18.2. The third-order valence-corrected chi connectivity index (χ3v) is 4.75. The Kier molecular flexibility index (Phi) is 4.01. The fraction of sp³-hybridized carbons (Fsp3) is 0.308. The second-order valence-corrected chi connectivity index (χ2v) is 6.57. The molecule has 2 aromatic rings. The summed E-state index contributed by atoms with van der Waals surface area (Å²) >= 11 is 13.3. The molecule has 0 radical (unpaired) electrons. The van der Waals surface area contributed by atoms with Crippen LogP contribution in [0.2, 0.25) is 10.0 Å². The number of hydrogen-bond donors (Lipinski definition) is 1. The van der Waals surface area contributed by atoms with Crippen molar-refractivity contribution in [3.63, 3.8) is 0 Å². The second kappa shape index (κ2) is 5.79. The van der Waals surface area contributed by atoms with Crippen molar-refractivity contribution in [3.8, 4) is 10.6 Å². The van der Waals surface area contributed by atoms with Crippen molar-refractivity contribution in [2.45, 2.75) is 18.9 Å². The number of nitrogens with zero attached hydrogens (tertiary/aromatic N) is 3. The van der Waals surface area contributed by atoms with Crippen molar-refractivity contribution in [3.05, 3.63) is 28.2 Å². The number of hydrogen-bond acceptors (Lipinski definition) is 5. The van der Waals surface area contributed by atoms with Gasteiger partial charge in [0, 0.05) is 22.2 Å². The highest BCUT2D eigenvalue weighted by Crippen LogP contribution is 2.34. The van der Waals surface area contributed by atoms with E-state index in [1.54, 1.807) is 23.1 Å². The zero-order valence-corrected chi connectivity index (χ0v) is 13.1. The molecular formula is C13H11Cl2N3O2S. The van der Waals surface area contributed by atoms with Crippen LogP contribution in [0.5, 0.6) is 0 Å². The Morgan fingerprint density at radius 2 is 2.00 bits per heavy atom. The Morgan fingerprint density at radius 1 is 1.29 bits per heavy atom. The van der Waals surface area contributed by atoms with Gasteiger partial charge in [0.2, 0.25) is 5.13 Å². The quantitative estimate of drug-likeness (QED) is 0.922. The van der Waals surface area contributed by atoms with Crippen LogP contribution in [0.15, 0.2) is 18.2 Å². The van der Waals surface area contributed by atoms with Crippen molar-refractivity contribution in [1.82, 2.24) is 10.2 Å². The summed E-state index contributed by atoms with van der Waals surface area (Å²) in [4.78, 5) is 13.0. The van der Waals surface area contributed by atoms with Gasteiger partial charge in [0.15, 0.2) is 0 Å². The van der Waals surface area contributed by atoms with Gasteiger partial charge in [0.25, 0.3) is 0 Å². The van der Waals surface area contributed by atoms with Gasteiger partial charge >= 0.3 is 5.97 Å². The molecule has 2 heterocycles. The average molecular weight is 344 g/mol. The standard InChI is InChI=1S/C13H11Cl2N3O2S/c14-8-4-7(5-9(15)6-8)11-16-17-13(21-11)18-3-1-2-10(18)12(19)20/h4-6,10H,1-3H2,(H,19,20)/t10-/m1/s1. The van der Waals surface area contributed by atoms with E-state index in [4.69, 9.17) is 23.2 Å². The van der Waals surface area contributed by atoms with Crippen LogP contribution < -0.4 is 4.90 Å². The summed E-state index contributed by atoms with van der Waals surface area (Å²) in [5.41, 5.74) is 0.780. The van der Waals surface area contributed by atoms with Crippen LogP contribution in [-0.4, -0.2) is 33.9 Å². The first-order valence-electron chi connectivity index (χ1n) is 6.34. The van der Waals surface area contributed by atoms with Crippen LogP contribution in [-0.2, 0) is 4.79 Å². The zero-order valence-electron chi connectivity index (χ0n) is 10.8. The highest BCUT2D eigenvalue weighted by molar-refractivity contribution is 7.18. The molecule has 0 spiro atoms. The maximum Gasteiger partial charge on any atom is 0.326 e. The number of aromatic nitrogens is 2. The summed E-state index contributed by atoms with van der Waals surface area (Å²) in [5, 5.41) is 19.8. The molecule has 110 valence electrons. The molecule has 0 bridgehead atoms. The third-order valence-electron chi connectivity index (χ3n) is 3.31. The van der Waals surface area contributed by atoms with Crippen LogP contribution in [0.25, 0.3) is 10.6 Å².